The monoisotopic (exact) mass is 255 g/mol. The maximum atomic E-state index is 11.8. The molecule has 1 rings (SSSR count). The Morgan fingerprint density at radius 3 is 2.28 bits per heavy atom. The molecule has 0 radical (unpaired) electrons. The molecule has 4 nitrogen and oxygen atoms in total. The zero-order valence-corrected chi connectivity index (χ0v) is 12.0. The van der Waals surface area contributed by atoms with Crippen LogP contribution >= 0.6 is 0 Å². The second-order valence-electron chi connectivity index (χ2n) is 6.16. The summed E-state index contributed by atoms with van der Waals surface area (Å²) in [5, 5.41) is 0. The highest BCUT2D eigenvalue weighted by atomic mass is 16.6. The van der Waals surface area contributed by atoms with Crippen molar-refractivity contribution in [2.75, 3.05) is 13.6 Å². The highest BCUT2D eigenvalue weighted by molar-refractivity contribution is 5.81. The number of amides is 1. The molecule has 0 saturated heterocycles. The Hall–Kier alpha value is -1.06. The number of nitrogens with zero attached hydrogens (tertiary/aromatic N) is 1. The van der Waals surface area contributed by atoms with E-state index in [2.05, 4.69) is 0 Å². The van der Waals surface area contributed by atoms with E-state index in [9.17, 15) is 9.59 Å². The van der Waals surface area contributed by atoms with Gasteiger partial charge in [0.25, 0.3) is 0 Å². The van der Waals surface area contributed by atoms with E-state index in [4.69, 9.17) is 4.74 Å². The Kier molecular flexibility index (Phi) is 5.17. The topological polar surface area (TPSA) is 46.6 Å². The van der Waals surface area contributed by atoms with Gasteiger partial charge in [-0.25, -0.2) is 0 Å². The fourth-order valence-corrected chi connectivity index (χ4v) is 1.96. The molecule has 0 spiro atoms. The van der Waals surface area contributed by atoms with Gasteiger partial charge >= 0.3 is 5.97 Å². The summed E-state index contributed by atoms with van der Waals surface area (Å²) in [5.74, 6) is 0.404. The largest absolute Gasteiger partial charge is 0.460 e. The van der Waals surface area contributed by atoms with Crippen molar-refractivity contribution in [3.8, 4) is 0 Å². The van der Waals surface area contributed by atoms with Crippen LogP contribution in [0.4, 0.5) is 0 Å². The third-order valence-electron chi connectivity index (χ3n) is 3.15. The summed E-state index contributed by atoms with van der Waals surface area (Å²) in [6.45, 7) is 6.31. The van der Waals surface area contributed by atoms with Crippen molar-refractivity contribution in [3.05, 3.63) is 0 Å². The third kappa shape index (κ3) is 5.52. The van der Waals surface area contributed by atoms with Crippen molar-refractivity contribution in [1.29, 1.82) is 0 Å². The van der Waals surface area contributed by atoms with Crippen LogP contribution in [0.1, 0.15) is 52.9 Å². The van der Waals surface area contributed by atoms with Crippen LogP contribution in [0.5, 0.6) is 0 Å². The second kappa shape index (κ2) is 6.21. The third-order valence-corrected chi connectivity index (χ3v) is 3.15. The van der Waals surface area contributed by atoms with Gasteiger partial charge < -0.3 is 9.64 Å². The highest BCUT2D eigenvalue weighted by Gasteiger charge is 2.22. The lowest BCUT2D eigenvalue weighted by Crippen LogP contribution is -2.34. The van der Waals surface area contributed by atoms with Crippen LogP contribution in [-0.4, -0.2) is 36.0 Å². The number of rotatable bonds is 5. The molecule has 0 unspecified atom stereocenters. The van der Waals surface area contributed by atoms with E-state index >= 15 is 0 Å². The summed E-state index contributed by atoms with van der Waals surface area (Å²) in [6, 6.07) is 0. The summed E-state index contributed by atoms with van der Waals surface area (Å²) in [7, 11) is 1.82. The van der Waals surface area contributed by atoms with E-state index in [1.165, 1.54) is 19.3 Å². The molecule has 1 fully saturated rings. The first kappa shape index (κ1) is 15.0. The zero-order valence-electron chi connectivity index (χ0n) is 12.0. The fraction of sp³-hybridized carbons (Fsp3) is 0.857. The molecule has 18 heavy (non-hydrogen) atoms. The summed E-state index contributed by atoms with van der Waals surface area (Å²) in [4.78, 5) is 25.0. The molecule has 0 bridgehead atoms. The van der Waals surface area contributed by atoms with E-state index in [0.29, 0.717) is 5.92 Å². The van der Waals surface area contributed by atoms with Crippen molar-refractivity contribution in [1.82, 2.24) is 4.90 Å². The van der Waals surface area contributed by atoms with Crippen molar-refractivity contribution < 1.29 is 14.3 Å². The van der Waals surface area contributed by atoms with Crippen LogP contribution in [-0.2, 0) is 14.3 Å². The van der Waals surface area contributed by atoms with Gasteiger partial charge in [0.2, 0.25) is 5.91 Å². The SMILES string of the molecule is CN(CC1CCC1)C(=O)CCC(=O)OC(C)(C)C. The predicted octanol–water partition coefficient (Wildman–Crippen LogP) is 2.37. The van der Waals surface area contributed by atoms with Crippen LogP contribution < -0.4 is 0 Å². The van der Waals surface area contributed by atoms with Gasteiger partial charge in [-0.15, -0.1) is 0 Å². The number of ether oxygens (including phenoxy) is 1. The number of hydrogen-bond donors (Lipinski definition) is 0. The average Bonchev–Trinajstić information content (AvgIpc) is 2.17. The molecule has 1 aliphatic rings. The van der Waals surface area contributed by atoms with E-state index < -0.39 is 5.60 Å². The number of esters is 1. The molecule has 1 amide bonds. The van der Waals surface area contributed by atoms with Gasteiger partial charge in [-0.05, 0) is 39.5 Å². The second-order valence-corrected chi connectivity index (χ2v) is 6.16. The van der Waals surface area contributed by atoms with Gasteiger partial charge in [-0.2, -0.15) is 0 Å². The molecular formula is C14H25NO3. The maximum Gasteiger partial charge on any atom is 0.306 e. The molecule has 1 saturated carbocycles. The summed E-state index contributed by atoms with van der Waals surface area (Å²) < 4.78 is 5.17. The standard InChI is InChI=1S/C14H25NO3/c1-14(2,3)18-13(17)9-8-12(16)15(4)10-11-6-5-7-11/h11H,5-10H2,1-4H3. The summed E-state index contributed by atoms with van der Waals surface area (Å²) >= 11 is 0. The van der Waals surface area contributed by atoms with E-state index in [1.54, 1.807) is 4.90 Å². The highest BCUT2D eigenvalue weighted by Crippen LogP contribution is 2.26. The fourth-order valence-electron chi connectivity index (χ4n) is 1.96. The van der Waals surface area contributed by atoms with Crippen LogP contribution in [0.3, 0.4) is 0 Å². The Balaban J connectivity index is 2.20. The minimum Gasteiger partial charge on any atom is -0.460 e. The van der Waals surface area contributed by atoms with Gasteiger partial charge in [-0.1, -0.05) is 6.42 Å². The first-order chi connectivity index (χ1) is 8.28. The Morgan fingerprint density at radius 1 is 1.22 bits per heavy atom. The molecular weight excluding hydrogens is 230 g/mol. The maximum absolute atomic E-state index is 11.8. The summed E-state index contributed by atoms with van der Waals surface area (Å²) in [6.07, 6.45) is 4.15. The molecule has 4 heteroatoms. The predicted molar refractivity (Wildman–Crippen MR) is 70.1 cm³/mol. The van der Waals surface area contributed by atoms with Gasteiger partial charge in [0.05, 0.1) is 6.42 Å². The quantitative estimate of drug-likeness (QED) is 0.708. The van der Waals surface area contributed by atoms with E-state index in [0.717, 1.165) is 6.54 Å². The smallest absolute Gasteiger partial charge is 0.306 e. The van der Waals surface area contributed by atoms with Gasteiger partial charge in [0, 0.05) is 20.0 Å². The first-order valence-corrected chi connectivity index (χ1v) is 6.74. The molecule has 0 aromatic carbocycles. The number of carbonyl (C=O) groups is 2. The molecule has 0 atom stereocenters. The molecule has 104 valence electrons. The van der Waals surface area contributed by atoms with Crippen molar-refractivity contribution in [3.63, 3.8) is 0 Å². The van der Waals surface area contributed by atoms with Crippen LogP contribution in [0.15, 0.2) is 0 Å². The lowest BCUT2D eigenvalue weighted by Gasteiger charge is -2.30. The molecule has 0 aromatic rings. The minimum absolute atomic E-state index is 0.0350. The number of carbonyl (C=O) groups excluding carboxylic acids is 2. The minimum atomic E-state index is -0.474. The molecule has 0 N–H and O–H groups in total. The average molecular weight is 255 g/mol. The Morgan fingerprint density at radius 2 is 1.83 bits per heavy atom. The van der Waals surface area contributed by atoms with Crippen molar-refractivity contribution in [2.45, 2.75) is 58.5 Å². The lowest BCUT2D eigenvalue weighted by molar-refractivity contribution is -0.156. The normalized spacial score (nSPS) is 16.0. The molecule has 0 aromatic heterocycles. The Bertz CT molecular complexity index is 303. The van der Waals surface area contributed by atoms with Crippen LogP contribution in [0.25, 0.3) is 0 Å². The van der Waals surface area contributed by atoms with Crippen LogP contribution in [0.2, 0.25) is 0 Å². The van der Waals surface area contributed by atoms with Crippen LogP contribution in [0, 0.1) is 5.92 Å². The van der Waals surface area contributed by atoms with Gasteiger partial charge in [0.15, 0.2) is 0 Å². The molecule has 0 aliphatic heterocycles. The molecule has 0 heterocycles. The Labute approximate surface area is 110 Å². The lowest BCUT2D eigenvalue weighted by atomic mass is 9.85. The van der Waals surface area contributed by atoms with Gasteiger partial charge in [-0.3, -0.25) is 9.59 Å². The first-order valence-electron chi connectivity index (χ1n) is 6.74. The number of hydrogen-bond acceptors (Lipinski definition) is 3. The van der Waals surface area contributed by atoms with Crippen molar-refractivity contribution in [2.24, 2.45) is 5.92 Å². The zero-order chi connectivity index (χ0) is 13.8. The molecule has 1 aliphatic carbocycles. The van der Waals surface area contributed by atoms with Gasteiger partial charge in [0.1, 0.15) is 5.60 Å². The van der Waals surface area contributed by atoms with E-state index in [1.807, 2.05) is 27.8 Å². The van der Waals surface area contributed by atoms with Crippen molar-refractivity contribution >= 4 is 11.9 Å². The van der Waals surface area contributed by atoms with E-state index in [-0.39, 0.29) is 24.7 Å². The summed E-state index contributed by atoms with van der Waals surface area (Å²) in [5.41, 5.74) is -0.474.